The van der Waals surface area contributed by atoms with Crippen LogP contribution in [0.4, 0.5) is 0 Å². The highest BCUT2D eigenvalue weighted by atomic mass is 32.2. The van der Waals surface area contributed by atoms with Crippen molar-refractivity contribution in [1.82, 2.24) is 4.72 Å². The molecule has 2 nitrogen and oxygen atoms in total. The summed E-state index contributed by atoms with van der Waals surface area (Å²) in [6.45, 7) is 4.63. The SMILES string of the molecule is C=S(=O)(NCC)c1ccc(-c2ccc(C)cc2)cc1. The third-order valence-electron chi connectivity index (χ3n) is 3.00. The lowest BCUT2D eigenvalue weighted by Gasteiger charge is -2.10. The summed E-state index contributed by atoms with van der Waals surface area (Å²) in [7, 11) is -2.37. The molecular weight excluding hydrogens is 254 g/mol. The predicted octanol–water partition coefficient (Wildman–Crippen LogP) is 3.26. The Morgan fingerprint density at radius 3 is 1.95 bits per heavy atom. The van der Waals surface area contributed by atoms with Gasteiger partial charge >= 0.3 is 0 Å². The van der Waals surface area contributed by atoms with Crippen molar-refractivity contribution in [2.75, 3.05) is 6.54 Å². The lowest BCUT2D eigenvalue weighted by molar-refractivity contribution is 0.672. The summed E-state index contributed by atoms with van der Waals surface area (Å²) in [4.78, 5) is 0.741. The van der Waals surface area contributed by atoms with Crippen LogP contribution in [-0.4, -0.2) is 16.6 Å². The molecule has 1 unspecified atom stereocenters. The molecule has 0 amide bonds. The first kappa shape index (κ1) is 13.8. The Kier molecular flexibility index (Phi) is 4.08. The van der Waals surface area contributed by atoms with E-state index in [9.17, 15) is 4.21 Å². The van der Waals surface area contributed by atoms with Crippen molar-refractivity contribution in [3.63, 3.8) is 0 Å². The van der Waals surface area contributed by atoms with Crippen molar-refractivity contribution >= 4 is 15.6 Å². The molecule has 0 bridgehead atoms. The predicted molar refractivity (Wildman–Crippen MR) is 83.8 cm³/mol. The molecule has 0 aromatic heterocycles. The first-order valence-electron chi connectivity index (χ1n) is 6.32. The molecule has 1 atom stereocenters. The number of aryl methyl sites for hydroxylation is 1. The quantitative estimate of drug-likeness (QED) is 0.851. The Morgan fingerprint density at radius 1 is 1.00 bits per heavy atom. The van der Waals surface area contributed by atoms with Crippen LogP contribution < -0.4 is 4.72 Å². The van der Waals surface area contributed by atoms with Crippen molar-refractivity contribution in [2.24, 2.45) is 0 Å². The van der Waals surface area contributed by atoms with E-state index < -0.39 is 9.71 Å². The molecule has 1 N–H and O–H groups in total. The summed E-state index contributed by atoms with van der Waals surface area (Å²) in [5.74, 6) is 3.76. The van der Waals surface area contributed by atoms with Crippen LogP contribution in [0.5, 0.6) is 0 Å². The van der Waals surface area contributed by atoms with Gasteiger partial charge in [0.25, 0.3) is 0 Å². The first-order valence-corrected chi connectivity index (χ1v) is 8.04. The third kappa shape index (κ3) is 3.25. The summed E-state index contributed by atoms with van der Waals surface area (Å²) in [5, 5.41) is 0. The zero-order chi connectivity index (χ0) is 13.9. The fraction of sp³-hybridized carbons (Fsp3) is 0.188. The minimum atomic E-state index is -2.37. The van der Waals surface area contributed by atoms with Gasteiger partial charge in [-0.25, -0.2) is 8.93 Å². The molecule has 0 saturated carbocycles. The normalized spacial score (nSPS) is 14.0. The minimum absolute atomic E-state index is 0.641. The standard InChI is InChI=1S/C16H19NOS/c1-4-17-19(3,18)16-11-9-15(10-12-16)14-7-5-13(2)6-8-14/h5-12H,3-4H2,1-2H3,(H,17,18). The molecule has 0 heterocycles. The topological polar surface area (TPSA) is 29.1 Å². The summed E-state index contributed by atoms with van der Waals surface area (Å²) in [6.07, 6.45) is 0. The largest absolute Gasteiger partial charge is 0.248 e. The van der Waals surface area contributed by atoms with Gasteiger partial charge in [-0.15, -0.1) is 0 Å². The van der Waals surface area contributed by atoms with Crippen molar-refractivity contribution < 1.29 is 4.21 Å². The fourth-order valence-corrected chi connectivity index (χ4v) is 3.14. The Balaban J connectivity index is 2.31. The maximum Gasteiger partial charge on any atom is 0.0533 e. The van der Waals surface area contributed by atoms with Crippen LogP contribution >= 0.6 is 0 Å². The van der Waals surface area contributed by atoms with Gasteiger partial charge in [0, 0.05) is 11.4 Å². The maximum absolute atomic E-state index is 12.3. The summed E-state index contributed by atoms with van der Waals surface area (Å²) in [6, 6.07) is 16.1. The molecule has 2 rings (SSSR count). The van der Waals surface area contributed by atoms with Crippen LogP contribution in [0.3, 0.4) is 0 Å². The van der Waals surface area contributed by atoms with Gasteiger partial charge in [-0.1, -0.05) is 48.9 Å². The van der Waals surface area contributed by atoms with Crippen LogP contribution in [0.25, 0.3) is 11.1 Å². The van der Waals surface area contributed by atoms with E-state index in [0.717, 1.165) is 16.0 Å². The monoisotopic (exact) mass is 273 g/mol. The molecule has 0 radical (unpaired) electrons. The molecule has 0 aliphatic carbocycles. The highest BCUT2D eigenvalue weighted by Crippen LogP contribution is 2.21. The van der Waals surface area contributed by atoms with Gasteiger partial charge in [-0.2, -0.15) is 0 Å². The third-order valence-corrected chi connectivity index (χ3v) is 4.79. The fourth-order valence-electron chi connectivity index (χ4n) is 1.93. The van der Waals surface area contributed by atoms with Gasteiger partial charge in [0.05, 0.1) is 9.71 Å². The zero-order valence-electron chi connectivity index (χ0n) is 11.3. The van der Waals surface area contributed by atoms with Crippen LogP contribution in [-0.2, 0) is 9.71 Å². The second-order valence-corrected chi connectivity index (χ2v) is 6.67. The Labute approximate surface area is 115 Å². The van der Waals surface area contributed by atoms with Crippen molar-refractivity contribution in [2.45, 2.75) is 18.7 Å². The number of rotatable bonds is 4. The Bertz CT molecular complexity index is 640. The van der Waals surface area contributed by atoms with E-state index in [0.29, 0.717) is 6.54 Å². The molecule has 0 spiro atoms. The van der Waals surface area contributed by atoms with E-state index in [4.69, 9.17) is 0 Å². The van der Waals surface area contributed by atoms with E-state index in [1.165, 1.54) is 5.56 Å². The van der Waals surface area contributed by atoms with Crippen molar-refractivity contribution in [3.05, 3.63) is 54.1 Å². The number of hydrogen-bond acceptors (Lipinski definition) is 1. The first-order chi connectivity index (χ1) is 9.03. The van der Waals surface area contributed by atoms with Gasteiger partial charge in [0.1, 0.15) is 0 Å². The zero-order valence-corrected chi connectivity index (χ0v) is 12.2. The van der Waals surface area contributed by atoms with E-state index in [-0.39, 0.29) is 0 Å². The highest BCUT2D eigenvalue weighted by Gasteiger charge is 2.06. The average molecular weight is 273 g/mol. The Hall–Kier alpha value is -1.58. The average Bonchev–Trinajstić information content (AvgIpc) is 2.40. The van der Waals surface area contributed by atoms with Crippen molar-refractivity contribution in [3.8, 4) is 11.1 Å². The lowest BCUT2D eigenvalue weighted by atomic mass is 10.0. The Morgan fingerprint density at radius 2 is 1.47 bits per heavy atom. The number of benzene rings is 2. The molecule has 0 aliphatic heterocycles. The van der Waals surface area contributed by atoms with Gasteiger partial charge in [0.15, 0.2) is 0 Å². The summed E-state index contributed by atoms with van der Waals surface area (Å²) < 4.78 is 15.2. The van der Waals surface area contributed by atoms with Gasteiger partial charge < -0.3 is 0 Å². The van der Waals surface area contributed by atoms with Crippen molar-refractivity contribution in [1.29, 1.82) is 0 Å². The van der Waals surface area contributed by atoms with E-state index in [2.05, 4.69) is 41.8 Å². The smallest absolute Gasteiger partial charge is 0.0533 e. The van der Waals surface area contributed by atoms with Crippen LogP contribution in [0, 0.1) is 6.92 Å². The lowest BCUT2D eigenvalue weighted by Crippen LogP contribution is -2.22. The van der Waals surface area contributed by atoms with Crippen LogP contribution in [0.1, 0.15) is 12.5 Å². The van der Waals surface area contributed by atoms with Gasteiger partial charge in [-0.05, 0) is 36.1 Å². The number of hydrogen-bond donors (Lipinski definition) is 1. The maximum atomic E-state index is 12.3. The molecule has 0 fully saturated rings. The molecule has 19 heavy (non-hydrogen) atoms. The summed E-state index contributed by atoms with van der Waals surface area (Å²) in [5.41, 5.74) is 3.53. The van der Waals surface area contributed by atoms with Crippen LogP contribution in [0.15, 0.2) is 53.4 Å². The second-order valence-electron chi connectivity index (χ2n) is 4.56. The van der Waals surface area contributed by atoms with E-state index in [1.807, 2.05) is 31.2 Å². The molecule has 2 aromatic rings. The minimum Gasteiger partial charge on any atom is -0.248 e. The molecule has 100 valence electrons. The molecule has 3 heteroatoms. The summed E-state index contributed by atoms with van der Waals surface area (Å²) >= 11 is 0. The van der Waals surface area contributed by atoms with Gasteiger partial charge in [0.2, 0.25) is 0 Å². The number of nitrogens with one attached hydrogen (secondary N) is 1. The second kappa shape index (κ2) is 5.59. The molecule has 0 aliphatic rings. The highest BCUT2D eigenvalue weighted by molar-refractivity contribution is 7.98. The van der Waals surface area contributed by atoms with Gasteiger partial charge in [-0.3, -0.25) is 0 Å². The van der Waals surface area contributed by atoms with Crippen LogP contribution in [0.2, 0.25) is 0 Å². The van der Waals surface area contributed by atoms with E-state index >= 15 is 0 Å². The molecular formula is C16H19NOS. The molecule has 2 aromatic carbocycles. The molecule has 0 saturated heterocycles. The van der Waals surface area contributed by atoms with E-state index in [1.54, 1.807) is 0 Å².